The first kappa shape index (κ1) is 20.7. The first-order valence-electron chi connectivity index (χ1n) is 9.89. The molecule has 0 unspecified atom stereocenters. The Morgan fingerprint density at radius 1 is 1.23 bits per heavy atom. The van der Waals surface area contributed by atoms with Crippen molar-refractivity contribution in [2.24, 2.45) is 7.05 Å². The maximum absolute atomic E-state index is 13.5. The van der Waals surface area contributed by atoms with E-state index in [1.165, 1.54) is 10.9 Å². The Balaban J connectivity index is 1.77. The van der Waals surface area contributed by atoms with Gasteiger partial charge in [-0.2, -0.15) is 0 Å². The van der Waals surface area contributed by atoms with Crippen LogP contribution in [0.2, 0.25) is 0 Å². The number of hydrogen-bond acceptors (Lipinski definition) is 3. The van der Waals surface area contributed by atoms with Crippen LogP contribution in [-0.2, 0) is 18.4 Å². The number of benzene rings is 1. The fourth-order valence-corrected chi connectivity index (χ4v) is 4.55. The molecule has 0 aliphatic carbocycles. The molecule has 0 N–H and O–H groups in total. The van der Waals surface area contributed by atoms with E-state index in [4.69, 9.17) is 0 Å². The van der Waals surface area contributed by atoms with Crippen LogP contribution in [0, 0.1) is 6.92 Å². The van der Waals surface area contributed by atoms with Crippen molar-refractivity contribution < 1.29 is 9.59 Å². The van der Waals surface area contributed by atoms with Crippen LogP contribution in [0.3, 0.4) is 0 Å². The molecule has 0 spiro atoms. The van der Waals surface area contributed by atoms with Crippen LogP contribution in [0.1, 0.15) is 17.5 Å². The summed E-state index contributed by atoms with van der Waals surface area (Å²) in [6, 6.07) is 6.13. The lowest BCUT2D eigenvalue weighted by Gasteiger charge is -2.41. The summed E-state index contributed by atoms with van der Waals surface area (Å²) in [5.41, 5.74) is 6.06. The lowest BCUT2D eigenvalue weighted by Crippen LogP contribution is -2.48. The normalized spacial score (nSPS) is 16.7. The average molecular weight is 516 g/mol. The highest BCUT2D eigenvalue weighted by Crippen LogP contribution is 2.35. The highest BCUT2D eigenvalue weighted by atomic mass is 127. The number of urea groups is 1. The van der Waals surface area contributed by atoms with E-state index in [9.17, 15) is 9.59 Å². The molecule has 0 fully saturated rings. The monoisotopic (exact) mass is 516 g/mol. The number of halogens is 1. The number of hydrogen-bond donors (Lipinski definition) is 0. The number of fused-ring (bicyclic) bond motifs is 1. The van der Waals surface area contributed by atoms with E-state index < -0.39 is 0 Å². The van der Waals surface area contributed by atoms with Crippen molar-refractivity contribution in [1.82, 2.24) is 19.3 Å². The van der Waals surface area contributed by atoms with Crippen LogP contribution in [-0.4, -0.2) is 49.2 Å². The summed E-state index contributed by atoms with van der Waals surface area (Å²) in [6.07, 6.45) is 6.39. The molecule has 0 saturated heterocycles. The minimum absolute atomic E-state index is 0.0323. The number of aryl methyl sites for hydroxylation is 2. The second-order valence-electron chi connectivity index (χ2n) is 7.90. The van der Waals surface area contributed by atoms with E-state index in [0.29, 0.717) is 31.8 Å². The molecule has 0 radical (unpaired) electrons. The van der Waals surface area contributed by atoms with Gasteiger partial charge in [0.05, 0.1) is 12.2 Å². The number of likely N-dealkylation sites (N-methyl/N-ethyl adjacent to an activating group) is 1. The second-order valence-corrected chi connectivity index (χ2v) is 9.10. The van der Waals surface area contributed by atoms with Gasteiger partial charge in [-0.25, -0.2) is 4.79 Å². The predicted molar refractivity (Wildman–Crippen MR) is 127 cm³/mol. The first-order valence-corrected chi connectivity index (χ1v) is 11.0. The number of rotatable bonds is 5. The molecule has 156 valence electrons. The molecule has 3 heterocycles. The van der Waals surface area contributed by atoms with Crippen LogP contribution < -0.4 is 0 Å². The molecule has 1 aromatic heterocycles. The van der Waals surface area contributed by atoms with Crippen molar-refractivity contribution in [1.29, 1.82) is 0 Å². The summed E-state index contributed by atoms with van der Waals surface area (Å²) < 4.78 is 2.14. The fraction of sp³-hybridized carbons (Fsp3) is 0.304. The number of nitrogens with zero attached hydrogens (tertiary/aromatic N) is 4. The van der Waals surface area contributed by atoms with Gasteiger partial charge in [0.15, 0.2) is 3.79 Å². The zero-order valence-corrected chi connectivity index (χ0v) is 19.6. The molecule has 2 aromatic rings. The SMILES string of the molecule is C=C1C2=C(C=CN(C)C2)N(Cc2cn(C)c3cccc(C)c23)C(=O)N1CCC(=O)I. The minimum atomic E-state index is -0.129. The van der Waals surface area contributed by atoms with Gasteiger partial charge < -0.3 is 9.47 Å². The summed E-state index contributed by atoms with van der Waals surface area (Å²) in [4.78, 5) is 30.6. The largest absolute Gasteiger partial charge is 0.376 e. The highest BCUT2D eigenvalue weighted by molar-refractivity contribution is 14.1. The van der Waals surface area contributed by atoms with Gasteiger partial charge in [0.25, 0.3) is 0 Å². The van der Waals surface area contributed by atoms with Crippen molar-refractivity contribution in [3.63, 3.8) is 0 Å². The molecule has 0 saturated carbocycles. The average Bonchev–Trinajstić information content (AvgIpc) is 3.02. The van der Waals surface area contributed by atoms with E-state index in [-0.39, 0.29) is 9.82 Å². The zero-order chi connectivity index (χ0) is 21.6. The van der Waals surface area contributed by atoms with Crippen molar-refractivity contribution >= 4 is 43.3 Å². The molecular weight excluding hydrogens is 491 g/mol. The summed E-state index contributed by atoms with van der Waals surface area (Å²) in [7, 11) is 4.03. The lowest BCUT2D eigenvalue weighted by atomic mass is 10.0. The van der Waals surface area contributed by atoms with Gasteiger partial charge in [0.1, 0.15) is 0 Å². The van der Waals surface area contributed by atoms with E-state index in [1.54, 1.807) is 27.5 Å². The Bertz CT molecular complexity index is 1130. The molecule has 2 amide bonds. The molecule has 4 rings (SSSR count). The molecular formula is C23H25IN4O2. The highest BCUT2D eigenvalue weighted by Gasteiger charge is 2.36. The van der Waals surface area contributed by atoms with Crippen molar-refractivity contribution in [2.75, 3.05) is 20.1 Å². The molecule has 30 heavy (non-hydrogen) atoms. The third-order valence-corrected chi connectivity index (χ3v) is 6.33. The van der Waals surface area contributed by atoms with Gasteiger partial charge in [0.2, 0.25) is 0 Å². The van der Waals surface area contributed by atoms with Crippen molar-refractivity contribution in [2.45, 2.75) is 19.9 Å². The summed E-state index contributed by atoms with van der Waals surface area (Å²) in [5, 5.41) is 1.19. The van der Waals surface area contributed by atoms with Crippen molar-refractivity contribution in [3.8, 4) is 0 Å². The van der Waals surface area contributed by atoms with Crippen molar-refractivity contribution in [3.05, 3.63) is 71.3 Å². The third kappa shape index (κ3) is 3.55. The Morgan fingerprint density at radius 3 is 2.73 bits per heavy atom. The molecule has 6 nitrogen and oxygen atoms in total. The smallest absolute Gasteiger partial charge is 0.329 e. The van der Waals surface area contributed by atoms with E-state index in [1.807, 2.05) is 31.3 Å². The summed E-state index contributed by atoms with van der Waals surface area (Å²) in [6.45, 7) is 7.78. The quantitative estimate of drug-likeness (QED) is 0.440. The van der Waals surface area contributed by atoms with Gasteiger partial charge in [-0.1, -0.05) is 18.7 Å². The number of aromatic nitrogens is 1. The summed E-state index contributed by atoms with van der Waals surface area (Å²) in [5.74, 6) is 0. The molecule has 2 aliphatic rings. The zero-order valence-electron chi connectivity index (χ0n) is 17.5. The number of carbonyl (C=O) groups excluding carboxylic acids is 2. The number of amides is 2. The van der Waals surface area contributed by atoms with E-state index in [2.05, 4.69) is 47.4 Å². The minimum Gasteiger partial charge on any atom is -0.376 e. The first-order chi connectivity index (χ1) is 14.3. The Labute approximate surface area is 190 Å². The van der Waals surface area contributed by atoms with Gasteiger partial charge in [-0.15, -0.1) is 0 Å². The molecule has 2 aliphatic heterocycles. The Kier molecular flexibility index (Phi) is 5.48. The van der Waals surface area contributed by atoms with Crippen LogP contribution >= 0.6 is 22.6 Å². The van der Waals surface area contributed by atoms with Gasteiger partial charge in [-0.05, 0) is 52.8 Å². The van der Waals surface area contributed by atoms with Crippen LogP contribution in [0.25, 0.3) is 10.9 Å². The van der Waals surface area contributed by atoms with E-state index >= 15 is 0 Å². The van der Waals surface area contributed by atoms with Gasteiger partial charge in [0, 0.05) is 68.2 Å². The second kappa shape index (κ2) is 7.94. The fourth-order valence-electron chi connectivity index (χ4n) is 4.31. The third-order valence-electron chi connectivity index (χ3n) is 5.79. The maximum Gasteiger partial charge on any atom is 0.329 e. The van der Waals surface area contributed by atoms with Gasteiger partial charge >= 0.3 is 6.03 Å². The van der Waals surface area contributed by atoms with Crippen LogP contribution in [0.5, 0.6) is 0 Å². The molecule has 7 heteroatoms. The van der Waals surface area contributed by atoms with Gasteiger partial charge in [-0.3, -0.25) is 14.6 Å². The predicted octanol–water partition coefficient (Wildman–Crippen LogP) is 4.30. The molecule has 1 aromatic carbocycles. The van der Waals surface area contributed by atoms with E-state index in [0.717, 1.165) is 22.4 Å². The molecule has 0 atom stereocenters. The topological polar surface area (TPSA) is 48.8 Å². The number of carbonyl (C=O) groups is 2. The lowest BCUT2D eigenvalue weighted by molar-refractivity contribution is -0.109. The number of allylic oxidation sites excluding steroid dienone is 1. The van der Waals surface area contributed by atoms with Crippen LogP contribution in [0.4, 0.5) is 4.79 Å². The summed E-state index contributed by atoms with van der Waals surface area (Å²) >= 11 is 1.78. The molecule has 0 bridgehead atoms. The van der Waals surface area contributed by atoms with Crippen LogP contribution in [0.15, 0.2) is 60.2 Å². The Morgan fingerprint density at radius 2 is 2.00 bits per heavy atom. The standard InChI is InChI=1S/C23H25IN4O2/c1-15-6-5-7-20-22(15)17(12-26(20)4)13-28-19-8-10-25(3)14-18(19)16(2)27(23(28)30)11-9-21(24)29/h5-8,10,12H,2,9,11,13-14H2,1,3-4H3. The Hall–Kier alpha value is -2.55. The maximum atomic E-state index is 13.5.